The zero-order chi connectivity index (χ0) is 13.0. The number of carbonyl (C=O) groups is 1. The van der Waals surface area contributed by atoms with E-state index in [1.54, 1.807) is 0 Å². The van der Waals surface area contributed by atoms with Crippen LogP contribution in [0, 0.1) is 5.41 Å². The number of hydrogen-bond acceptors (Lipinski definition) is 3. The molecule has 1 atom stereocenters. The van der Waals surface area contributed by atoms with Crippen molar-refractivity contribution in [3.63, 3.8) is 0 Å². The molecule has 4 nitrogen and oxygen atoms in total. The van der Waals surface area contributed by atoms with Gasteiger partial charge in [0.25, 0.3) is 0 Å². The fraction of sp³-hybridized carbons (Fsp3) is 0.929. The van der Waals surface area contributed by atoms with Crippen LogP contribution in [0.25, 0.3) is 0 Å². The minimum absolute atomic E-state index is 0. The molecule has 0 bridgehead atoms. The molecule has 2 aliphatic rings. The number of nitrogens with one attached hydrogen (secondary N) is 1. The Bertz CT molecular complexity index is 295. The summed E-state index contributed by atoms with van der Waals surface area (Å²) in [5.74, 6) is 0.377. The van der Waals surface area contributed by atoms with E-state index in [1.165, 1.54) is 6.42 Å². The van der Waals surface area contributed by atoms with Crippen LogP contribution in [0.4, 0.5) is 0 Å². The molecule has 0 unspecified atom stereocenters. The summed E-state index contributed by atoms with van der Waals surface area (Å²) in [7, 11) is 0. The van der Waals surface area contributed by atoms with Crippen molar-refractivity contribution in [3.05, 3.63) is 0 Å². The molecule has 2 rings (SSSR count). The molecule has 19 heavy (non-hydrogen) atoms. The van der Waals surface area contributed by atoms with Gasteiger partial charge in [-0.3, -0.25) is 4.79 Å². The molecule has 0 radical (unpaired) electrons. The normalized spacial score (nSPS) is 25.4. The van der Waals surface area contributed by atoms with Crippen LogP contribution in [0.2, 0.25) is 0 Å². The Labute approximate surface area is 122 Å². The number of carbonyl (C=O) groups excluding carboxylic acids is 1. The molecular formula is C14H27ClN2O2. The SMILES string of the molecule is CCOCCC1(C(=O)N2CCN[C@H](C)C2)CCC1.Cl. The molecule has 0 spiro atoms. The van der Waals surface area contributed by atoms with Gasteiger partial charge in [-0.2, -0.15) is 0 Å². The summed E-state index contributed by atoms with van der Waals surface area (Å²) < 4.78 is 5.44. The lowest BCUT2D eigenvalue weighted by Crippen LogP contribution is -2.57. The molecule has 1 amide bonds. The maximum Gasteiger partial charge on any atom is 0.228 e. The lowest BCUT2D eigenvalue weighted by atomic mass is 9.65. The monoisotopic (exact) mass is 290 g/mol. The van der Waals surface area contributed by atoms with Gasteiger partial charge in [0.05, 0.1) is 5.41 Å². The van der Waals surface area contributed by atoms with Crippen LogP contribution in [0.3, 0.4) is 0 Å². The van der Waals surface area contributed by atoms with E-state index in [1.807, 2.05) is 6.92 Å². The number of nitrogens with zero attached hydrogens (tertiary/aromatic N) is 1. The van der Waals surface area contributed by atoms with E-state index in [4.69, 9.17) is 4.74 Å². The third-order valence-electron chi connectivity index (χ3n) is 4.35. The molecule has 1 aliphatic heterocycles. The molecule has 1 saturated carbocycles. The van der Waals surface area contributed by atoms with Crippen molar-refractivity contribution >= 4 is 18.3 Å². The third-order valence-corrected chi connectivity index (χ3v) is 4.35. The Balaban J connectivity index is 0.00000180. The third kappa shape index (κ3) is 3.83. The maximum atomic E-state index is 12.7. The van der Waals surface area contributed by atoms with Gasteiger partial charge in [0.1, 0.15) is 0 Å². The minimum Gasteiger partial charge on any atom is -0.382 e. The average molecular weight is 291 g/mol. The Kier molecular flexibility index (Phi) is 6.57. The molecule has 1 heterocycles. The molecular weight excluding hydrogens is 264 g/mol. The van der Waals surface area contributed by atoms with E-state index in [9.17, 15) is 4.79 Å². The topological polar surface area (TPSA) is 41.6 Å². The molecule has 112 valence electrons. The number of piperazine rings is 1. The van der Waals surface area contributed by atoms with Crippen molar-refractivity contribution in [2.24, 2.45) is 5.41 Å². The van der Waals surface area contributed by atoms with Crippen LogP contribution in [0.15, 0.2) is 0 Å². The van der Waals surface area contributed by atoms with Crippen LogP contribution in [0.5, 0.6) is 0 Å². The van der Waals surface area contributed by atoms with Gasteiger partial charge in [-0.1, -0.05) is 6.42 Å². The van der Waals surface area contributed by atoms with Gasteiger partial charge in [0.2, 0.25) is 5.91 Å². The number of halogens is 1. The molecule has 2 fully saturated rings. The summed E-state index contributed by atoms with van der Waals surface area (Å²) in [6, 6.07) is 0.423. The van der Waals surface area contributed by atoms with E-state index >= 15 is 0 Å². The van der Waals surface area contributed by atoms with Gasteiger partial charge >= 0.3 is 0 Å². The first-order valence-electron chi connectivity index (χ1n) is 7.28. The number of hydrogen-bond donors (Lipinski definition) is 1. The summed E-state index contributed by atoms with van der Waals surface area (Å²) in [6.07, 6.45) is 4.20. The van der Waals surface area contributed by atoms with Crippen LogP contribution < -0.4 is 5.32 Å². The first-order chi connectivity index (χ1) is 8.68. The Hall–Kier alpha value is -0.320. The minimum atomic E-state index is -0.0910. The van der Waals surface area contributed by atoms with Crippen LogP contribution in [-0.2, 0) is 9.53 Å². The Morgan fingerprint density at radius 2 is 2.21 bits per heavy atom. The molecule has 1 saturated heterocycles. The van der Waals surface area contributed by atoms with Crippen molar-refractivity contribution in [3.8, 4) is 0 Å². The zero-order valence-electron chi connectivity index (χ0n) is 12.1. The van der Waals surface area contributed by atoms with E-state index in [2.05, 4.69) is 17.1 Å². The summed E-state index contributed by atoms with van der Waals surface area (Å²) in [4.78, 5) is 14.7. The summed E-state index contributed by atoms with van der Waals surface area (Å²) in [5, 5.41) is 3.39. The van der Waals surface area contributed by atoms with Gasteiger partial charge < -0.3 is 15.0 Å². The summed E-state index contributed by atoms with van der Waals surface area (Å²) in [6.45, 7) is 8.27. The molecule has 1 N–H and O–H groups in total. The molecule has 5 heteroatoms. The predicted molar refractivity (Wildman–Crippen MR) is 78.7 cm³/mol. The lowest BCUT2D eigenvalue weighted by molar-refractivity contribution is -0.150. The van der Waals surface area contributed by atoms with Crippen molar-refractivity contribution in [2.45, 2.75) is 45.6 Å². The highest BCUT2D eigenvalue weighted by atomic mass is 35.5. The zero-order valence-corrected chi connectivity index (χ0v) is 12.9. The van der Waals surface area contributed by atoms with E-state index in [0.717, 1.165) is 52.1 Å². The highest BCUT2D eigenvalue weighted by Gasteiger charge is 2.46. The van der Waals surface area contributed by atoms with Crippen molar-refractivity contribution in [2.75, 3.05) is 32.8 Å². The van der Waals surface area contributed by atoms with Crippen LogP contribution in [-0.4, -0.2) is 49.7 Å². The second-order valence-electron chi connectivity index (χ2n) is 5.69. The average Bonchev–Trinajstić information content (AvgIpc) is 2.32. The van der Waals surface area contributed by atoms with Gasteiger partial charge in [-0.25, -0.2) is 0 Å². The fourth-order valence-corrected chi connectivity index (χ4v) is 3.04. The lowest BCUT2D eigenvalue weighted by Gasteiger charge is -2.45. The second kappa shape index (κ2) is 7.46. The smallest absolute Gasteiger partial charge is 0.228 e. The van der Waals surface area contributed by atoms with E-state index in [-0.39, 0.29) is 17.8 Å². The molecule has 1 aliphatic carbocycles. The van der Waals surface area contributed by atoms with E-state index in [0.29, 0.717) is 11.9 Å². The fourth-order valence-electron chi connectivity index (χ4n) is 3.04. The van der Waals surface area contributed by atoms with Gasteiger partial charge in [0, 0.05) is 38.9 Å². The van der Waals surface area contributed by atoms with Crippen LogP contribution in [0.1, 0.15) is 39.5 Å². The van der Waals surface area contributed by atoms with Gasteiger partial charge in [-0.05, 0) is 33.1 Å². The first kappa shape index (κ1) is 16.7. The highest BCUT2D eigenvalue weighted by Crippen LogP contribution is 2.45. The van der Waals surface area contributed by atoms with Crippen molar-refractivity contribution in [1.82, 2.24) is 10.2 Å². The highest BCUT2D eigenvalue weighted by molar-refractivity contribution is 5.85. The standard InChI is InChI=1S/C14H26N2O2.ClH/c1-3-18-10-7-14(5-4-6-14)13(17)16-9-8-15-12(2)11-16;/h12,15H,3-11H2,1-2H3;1H/t12-;/m1./s1. The van der Waals surface area contributed by atoms with Crippen molar-refractivity contribution < 1.29 is 9.53 Å². The molecule has 0 aromatic rings. The quantitative estimate of drug-likeness (QED) is 0.786. The first-order valence-corrected chi connectivity index (χ1v) is 7.28. The summed E-state index contributed by atoms with van der Waals surface area (Å²) in [5.41, 5.74) is -0.0910. The Morgan fingerprint density at radius 3 is 2.74 bits per heavy atom. The van der Waals surface area contributed by atoms with Crippen molar-refractivity contribution in [1.29, 1.82) is 0 Å². The van der Waals surface area contributed by atoms with Gasteiger partial charge in [-0.15, -0.1) is 12.4 Å². The number of rotatable bonds is 5. The molecule has 0 aromatic carbocycles. The number of amides is 1. The largest absolute Gasteiger partial charge is 0.382 e. The second-order valence-corrected chi connectivity index (χ2v) is 5.69. The summed E-state index contributed by atoms with van der Waals surface area (Å²) >= 11 is 0. The predicted octanol–water partition coefficient (Wildman–Crippen LogP) is 1.83. The maximum absolute atomic E-state index is 12.7. The van der Waals surface area contributed by atoms with Crippen LogP contribution >= 0.6 is 12.4 Å². The molecule has 0 aromatic heterocycles. The van der Waals surface area contributed by atoms with E-state index < -0.39 is 0 Å². The number of ether oxygens (including phenoxy) is 1. The van der Waals surface area contributed by atoms with Gasteiger partial charge in [0.15, 0.2) is 0 Å². The Morgan fingerprint density at radius 1 is 1.47 bits per heavy atom.